The van der Waals surface area contributed by atoms with Crippen molar-refractivity contribution in [3.05, 3.63) is 58.3 Å². The molecule has 0 unspecified atom stereocenters. The molecule has 0 aromatic heterocycles. The first kappa shape index (κ1) is 19.0. The van der Waals surface area contributed by atoms with E-state index in [9.17, 15) is 14.0 Å². The summed E-state index contributed by atoms with van der Waals surface area (Å²) in [6.45, 7) is 0.935. The largest absolute Gasteiger partial charge is 0.480 e. The number of para-hydroxylation sites is 1. The van der Waals surface area contributed by atoms with Gasteiger partial charge in [-0.2, -0.15) is 0 Å². The molecular weight excluding hydrogens is 372 g/mol. The molecular formula is C17H14Cl2FNO4. The van der Waals surface area contributed by atoms with E-state index in [1.807, 2.05) is 0 Å². The van der Waals surface area contributed by atoms with Crippen LogP contribution in [0.25, 0.3) is 0 Å². The molecule has 0 radical (unpaired) electrons. The number of anilines is 1. The number of hydrogen-bond acceptors (Lipinski definition) is 4. The zero-order valence-electron chi connectivity index (χ0n) is 13.1. The van der Waals surface area contributed by atoms with Gasteiger partial charge in [0.2, 0.25) is 0 Å². The van der Waals surface area contributed by atoms with E-state index >= 15 is 0 Å². The van der Waals surface area contributed by atoms with Gasteiger partial charge in [0, 0.05) is 0 Å². The van der Waals surface area contributed by atoms with Gasteiger partial charge in [0.15, 0.2) is 12.7 Å². The highest BCUT2D eigenvalue weighted by atomic mass is 35.5. The molecule has 0 fully saturated rings. The van der Waals surface area contributed by atoms with Gasteiger partial charge < -0.3 is 14.8 Å². The Morgan fingerprint density at radius 1 is 1.16 bits per heavy atom. The van der Waals surface area contributed by atoms with E-state index in [1.165, 1.54) is 13.0 Å². The van der Waals surface area contributed by atoms with E-state index in [2.05, 4.69) is 5.32 Å². The van der Waals surface area contributed by atoms with Crippen molar-refractivity contribution in [2.75, 3.05) is 11.9 Å². The number of rotatable bonds is 6. The van der Waals surface area contributed by atoms with Crippen molar-refractivity contribution in [2.45, 2.75) is 13.0 Å². The zero-order chi connectivity index (χ0) is 18.4. The van der Waals surface area contributed by atoms with Crippen LogP contribution in [0.15, 0.2) is 42.5 Å². The van der Waals surface area contributed by atoms with Crippen LogP contribution in [0.5, 0.6) is 5.75 Å². The molecule has 1 amide bonds. The topological polar surface area (TPSA) is 64.6 Å². The van der Waals surface area contributed by atoms with Crippen molar-refractivity contribution in [1.82, 2.24) is 0 Å². The molecule has 2 rings (SSSR count). The van der Waals surface area contributed by atoms with Gasteiger partial charge in [0.25, 0.3) is 5.91 Å². The molecule has 0 saturated heterocycles. The molecule has 0 spiro atoms. The van der Waals surface area contributed by atoms with Gasteiger partial charge in [0.05, 0.1) is 15.7 Å². The lowest BCUT2D eigenvalue weighted by atomic mass is 10.3. The van der Waals surface area contributed by atoms with Gasteiger partial charge in [-0.15, -0.1) is 0 Å². The third kappa shape index (κ3) is 5.62. The van der Waals surface area contributed by atoms with Crippen molar-refractivity contribution in [2.24, 2.45) is 0 Å². The van der Waals surface area contributed by atoms with E-state index in [1.54, 1.807) is 24.3 Å². The number of nitrogens with one attached hydrogen (secondary N) is 1. The smallest absolute Gasteiger partial charge is 0.344 e. The molecule has 2 aromatic rings. The molecule has 5 nitrogen and oxygen atoms in total. The second-order valence-electron chi connectivity index (χ2n) is 4.96. The number of carbonyl (C=O) groups is 2. The normalized spacial score (nSPS) is 11.5. The lowest BCUT2D eigenvalue weighted by Crippen LogP contribution is -2.31. The highest BCUT2D eigenvalue weighted by Crippen LogP contribution is 2.25. The van der Waals surface area contributed by atoms with E-state index in [0.29, 0.717) is 10.7 Å². The summed E-state index contributed by atoms with van der Waals surface area (Å²) in [5, 5.41) is 2.94. The summed E-state index contributed by atoms with van der Waals surface area (Å²) < 4.78 is 23.0. The Kier molecular flexibility index (Phi) is 6.61. The third-order valence-electron chi connectivity index (χ3n) is 3.05. The van der Waals surface area contributed by atoms with Crippen LogP contribution in [0.3, 0.4) is 0 Å². The summed E-state index contributed by atoms with van der Waals surface area (Å²) in [4.78, 5) is 23.8. The fourth-order valence-corrected chi connectivity index (χ4v) is 2.22. The van der Waals surface area contributed by atoms with Crippen LogP contribution < -0.4 is 10.1 Å². The van der Waals surface area contributed by atoms with Crippen molar-refractivity contribution in [1.29, 1.82) is 0 Å². The maximum Gasteiger partial charge on any atom is 0.344 e. The Morgan fingerprint density at radius 3 is 2.56 bits per heavy atom. The maximum absolute atomic E-state index is 12.9. The number of amides is 1. The van der Waals surface area contributed by atoms with Crippen molar-refractivity contribution in [3.8, 4) is 5.75 Å². The van der Waals surface area contributed by atoms with Gasteiger partial charge in [-0.3, -0.25) is 4.79 Å². The first-order valence-electron chi connectivity index (χ1n) is 7.19. The molecule has 0 aliphatic carbocycles. The van der Waals surface area contributed by atoms with E-state index in [-0.39, 0.29) is 10.8 Å². The molecule has 1 N–H and O–H groups in total. The Balaban J connectivity index is 1.85. The zero-order valence-corrected chi connectivity index (χ0v) is 14.6. The van der Waals surface area contributed by atoms with Crippen LogP contribution in [-0.2, 0) is 14.3 Å². The van der Waals surface area contributed by atoms with Crippen LogP contribution in [0.4, 0.5) is 10.1 Å². The molecule has 0 heterocycles. The SMILES string of the molecule is C[C@@H](OC(=O)COc1ccc(F)cc1Cl)C(=O)Nc1ccccc1Cl. The Hall–Kier alpha value is -2.31. The number of esters is 1. The van der Waals surface area contributed by atoms with Crippen LogP contribution in [-0.4, -0.2) is 24.6 Å². The Labute approximate surface area is 153 Å². The first-order valence-corrected chi connectivity index (χ1v) is 7.95. The van der Waals surface area contributed by atoms with Crippen molar-refractivity contribution < 1.29 is 23.5 Å². The van der Waals surface area contributed by atoms with Gasteiger partial charge >= 0.3 is 5.97 Å². The number of carbonyl (C=O) groups excluding carboxylic acids is 2. The second kappa shape index (κ2) is 8.69. The van der Waals surface area contributed by atoms with Crippen molar-refractivity contribution >= 4 is 40.8 Å². The summed E-state index contributed by atoms with van der Waals surface area (Å²) in [7, 11) is 0. The maximum atomic E-state index is 12.9. The number of benzene rings is 2. The summed E-state index contributed by atoms with van der Waals surface area (Å²) in [6.07, 6.45) is -1.06. The van der Waals surface area contributed by atoms with Crippen LogP contribution in [0.2, 0.25) is 10.0 Å². The lowest BCUT2D eigenvalue weighted by Gasteiger charge is -2.14. The van der Waals surface area contributed by atoms with E-state index < -0.39 is 30.4 Å². The molecule has 0 saturated carbocycles. The molecule has 2 aromatic carbocycles. The molecule has 132 valence electrons. The van der Waals surface area contributed by atoms with E-state index in [0.717, 1.165) is 12.1 Å². The minimum absolute atomic E-state index is 0.0253. The molecule has 0 bridgehead atoms. The molecule has 25 heavy (non-hydrogen) atoms. The second-order valence-corrected chi connectivity index (χ2v) is 5.78. The number of halogens is 3. The summed E-state index contributed by atoms with van der Waals surface area (Å²) in [5.74, 6) is -1.71. The monoisotopic (exact) mass is 385 g/mol. The minimum Gasteiger partial charge on any atom is -0.480 e. The molecule has 0 aliphatic rings. The van der Waals surface area contributed by atoms with Gasteiger partial charge in [-0.05, 0) is 37.3 Å². The summed E-state index contributed by atoms with van der Waals surface area (Å²) in [5.41, 5.74) is 0.409. The number of hydrogen-bond donors (Lipinski definition) is 1. The van der Waals surface area contributed by atoms with Crippen molar-refractivity contribution in [3.63, 3.8) is 0 Å². The van der Waals surface area contributed by atoms with Gasteiger partial charge in [0.1, 0.15) is 11.6 Å². The van der Waals surface area contributed by atoms with Crippen LogP contribution in [0.1, 0.15) is 6.92 Å². The van der Waals surface area contributed by atoms with Crippen LogP contribution >= 0.6 is 23.2 Å². The fraction of sp³-hybridized carbons (Fsp3) is 0.176. The molecule has 8 heteroatoms. The Morgan fingerprint density at radius 2 is 1.88 bits per heavy atom. The predicted octanol–water partition coefficient (Wildman–Crippen LogP) is 4.08. The van der Waals surface area contributed by atoms with E-state index in [4.69, 9.17) is 32.7 Å². The fourth-order valence-electron chi connectivity index (χ4n) is 1.81. The molecule has 1 atom stereocenters. The first-order chi connectivity index (χ1) is 11.9. The van der Waals surface area contributed by atoms with Gasteiger partial charge in [-0.1, -0.05) is 35.3 Å². The highest BCUT2D eigenvalue weighted by molar-refractivity contribution is 6.33. The predicted molar refractivity (Wildman–Crippen MR) is 92.5 cm³/mol. The van der Waals surface area contributed by atoms with Gasteiger partial charge in [-0.25, -0.2) is 9.18 Å². The van der Waals surface area contributed by atoms with Crippen LogP contribution in [0, 0.1) is 5.82 Å². The lowest BCUT2D eigenvalue weighted by molar-refractivity contribution is -0.155. The quantitative estimate of drug-likeness (QED) is 0.760. The number of ether oxygens (including phenoxy) is 2. The third-order valence-corrected chi connectivity index (χ3v) is 3.67. The average molecular weight is 386 g/mol. The molecule has 0 aliphatic heterocycles. The average Bonchev–Trinajstić information content (AvgIpc) is 2.56. The summed E-state index contributed by atoms with van der Waals surface area (Å²) >= 11 is 11.7. The highest BCUT2D eigenvalue weighted by Gasteiger charge is 2.19. The minimum atomic E-state index is -1.06. The summed E-state index contributed by atoms with van der Waals surface area (Å²) in [6, 6.07) is 10.2. The Bertz CT molecular complexity index is 785. The standard InChI is InChI=1S/C17H14Cl2FNO4/c1-10(17(23)21-14-5-3-2-4-12(14)18)25-16(22)9-24-15-7-6-11(20)8-13(15)19/h2-8,10H,9H2,1H3,(H,21,23)/t10-/m1/s1.